The van der Waals surface area contributed by atoms with Crippen molar-refractivity contribution in [2.45, 2.75) is 123 Å². The summed E-state index contributed by atoms with van der Waals surface area (Å²) in [7, 11) is 4.24. The molecular formula is C37H50O17. The maximum atomic E-state index is 14.2. The summed E-state index contributed by atoms with van der Waals surface area (Å²) in [6, 6.07) is 0. The zero-order chi connectivity index (χ0) is 39.7. The van der Waals surface area contributed by atoms with Gasteiger partial charge in [0.2, 0.25) is 0 Å². The fraction of sp³-hybridized carbons (Fsp3) is 0.730. The molecule has 300 valence electrons. The molecule has 17 heteroatoms. The first-order chi connectivity index (χ1) is 25.5. The first-order valence-corrected chi connectivity index (χ1v) is 17.9. The van der Waals surface area contributed by atoms with Gasteiger partial charge in [-0.25, -0.2) is 4.79 Å². The van der Waals surface area contributed by atoms with Crippen molar-refractivity contribution in [2.75, 3.05) is 27.9 Å². The molecule has 0 radical (unpaired) electrons. The molecule has 0 aromatic carbocycles. The van der Waals surface area contributed by atoms with Crippen LogP contribution in [0.25, 0.3) is 0 Å². The predicted molar refractivity (Wildman–Crippen MR) is 179 cm³/mol. The zero-order valence-electron chi connectivity index (χ0n) is 32.0. The molecule has 3 aliphatic heterocycles. The number of cyclic esters (lactones) is 1. The second-order valence-electron chi connectivity index (χ2n) is 14.6. The van der Waals surface area contributed by atoms with E-state index in [9.17, 15) is 28.8 Å². The van der Waals surface area contributed by atoms with Crippen molar-refractivity contribution < 1.29 is 80.9 Å². The molecule has 17 nitrogen and oxygen atoms in total. The van der Waals surface area contributed by atoms with Crippen molar-refractivity contribution in [1.82, 2.24) is 0 Å². The third-order valence-corrected chi connectivity index (χ3v) is 11.3. The SMILES string of the molecule is COC(=O)C1=CCCC2C3(C)CC(C4=CC(OC)OC4OC)OC(=O)C3CC(OC3OC(COC(C)=O)C(OC(C)=O)C(OC(C)=O)C3OC(C)=O)C12C. The van der Waals surface area contributed by atoms with Gasteiger partial charge in [0.05, 0.1) is 19.1 Å². The van der Waals surface area contributed by atoms with E-state index in [0.717, 1.165) is 20.8 Å². The molecule has 0 amide bonds. The van der Waals surface area contributed by atoms with Gasteiger partial charge in [-0.15, -0.1) is 0 Å². The Labute approximate surface area is 313 Å². The van der Waals surface area contributed by atoms with E-state index in [1.807, 2.05) is 13.8 Å². The lowest BCUT2D eigenvalue weighted by Gasteiger charge is -2.62. The molecule has 1 saturated carbocycles. The molecule has 0 aromatic rings. The number of fused-ring (bicyclic) bond motifs is 3. The number of ether oxygens (including phenoxy) is 11. The fourth-order valence-corrected chi connectivity index (χ4v) is 9.10. The maximum absolute atomic E-state index is 14.2. The molecule has 2 saturated heterocycles. The van der Waals surface area contributed by atoms with Gasteiger partial charge in [0, 0.05) is 58.5 Å². The Kier molecular flexibility index (Phi) is 12.6. The van der Waals surface area contributed by atoms with Gasteiger partial charge in [-0.2, -0.15) is 0 Å². The number of carbonyl (C=O) groups excluding carboxylic acids is 6. The lowest BCUT2D eigenvalue weighted by atomic mass is 9.44. The van der Waals surface area contributed by atoms with Crippen molar-refractivity contribution in [1.29, 1.82) is 0 Å². The highest BCUT2D eigenvalue weighted by molar-refractivity contribution is 5.90. The van der Waals surface area contributed by atoms with Crippen molar-refractivity contribution in [3.8, 4) is 0 Å². The van der Waals surface area contributed by atoms with Gasteiger partial charge in [-0.3, -0.25) is 24.0 Å². The van der Waals surface area contributed by atoms with Crippen LogP contribution >= 0.6 is 0 Å². The van der Waals surface area contributed by atoms with Crippen molar-refractivity contribution >= 4 is 35.8 Å². The number of rotatable bonds is 11. The van der Waals surface area contributed by atoms with E-state index < -0.39 is 121 Å². The van der Waals surface area contributed by atoms with Gasteiger partial charge in [-0.1, -0.05) is 19.9 Å². The van der Waals surface area contributed by atoms with E-state index in [1.54, 1.807) is 12.2 Å². The van der Waals surface area contributed by atoms with Gasteiger partial charge in [-0.05, 0) is 43.1 Å². The van der Waals surface area contributed by atoms with Crippen LogP contribution in [0.15, 0.2) is 23.3 Å². The lowest BCUT2D eigenvalue weighted by Crippen LogP contribution is -2.67. The van der Waals surface area contributed by atoms with Crippen LogP contribution in [0.4, 0.5) is 0 Å². The summed E-state index contributed by atoms with van der Waals surface area (Å²) >= 11 is 0. The van der Waals surface area contributed by atoms with Crippen LogP contribution in [-0.4, -0.2) is 119 Å². The summed E-state index contributed by atoms with van der Waals surface area (Å²) in [5.41, 5.74) is -0.985. The smallest absolute Gasteiger partial charge is 0.334 e. The highest BCUT2D eigenvalue weighted by Gasteiger charge is 2.67. The second-order valence-corrected chi connectivity index (χ2v) is 14.6. The monoisotopic (exact) mass is 766 g/mol. The molecule has 0 spiro atoms. The molecule has 54 heavy (non-hydrogen) atoms. The van der Waals surface area contributed by atoms with E-state index in [2.05, 4.69) is 0 Å². The molecule has 5 aliphatic rings. The van der Waals surface area contributed by atoms with E-state index in [4.69, 9.17) is 52.1 Å². The first-order valence-electron chi connectivity index (χ1n) is 17.9. The number of hydrogen-bond donors (Lipinski definition) is 0. The largest absolute Gasteiger partial charge is 0.466 e. The Morgan fingerprint density at radius 2 is 1.50 bits per heavy atom. The summed E-state index contributed by atoms with van der Waals surface area (Å²) in [6.45, 7) is 7.94. The number of esters is 6. The van der Waals surface area contributed by atoms with Crippen LogP contribution in [0.2, 0.25) is 0 Å². The van der Waals surface area contributed by atoms with Gasteiger partial charge < -0.3 is 52.1 Å². The van der Waals surface area contributed by atoms with Gasteiger partial charge >= 0.3 is 35.8 Å². The molecule has 0 N–H and O–H groups in total. The Morgan fingerprint density at radius 1 is 0.852 bits per heavy atom. The third kappa shape index (κ3) is 7.92. The molecule has 3 fully saturated rings. The molecule has 2 aliphatic carbocycles. The Morgan fingerprint density at radius 3 is 2.09 bits per heavy atom. The first kappa shape index (κ1) is 41.3. The molecule has 3 heterocycles. The third-order valence-electron chi connectivity index (χ3n) is 11.3. The second kappa shape index (κ2) is 16.5. The van der Waals surface area contributed by atoms with E-state index in [0.29, 0.717) is 30.4 Å². The molecule has 13 atom stereocenters. The number of methoxy groups -OCH3 is 3. The topological polar surface area (TPSA) is 204 Å². The van der Waals surface area contributed by atoms with Gasteiger partial charge in [0.15, 0.2) is 37.2 Å². The molecular weight excluding hydrogens is 716 g/mol. The summed E-state index contributed by atoms with van der Waals surface area (Å²) < 4.78 is 63.2. The van der Waals surface area contributed by atoms with Crippen molar-refractivity contribution in [3.63, 3.8) is 0 Å². The van der Waals surface area contributed by atoms with Gasteiger partial charge in [0.1, 0.15) is 18.8 Å². The van der Waals surface area contributed by atoms with Crippen LogP contribution in [0.5, 0.6) is 0 Å². The molecule has 5 rings (SSSR count). The van der Waals surface area contributed by atoms with Crippen LogP contribution < -0.4 is 0 Å². The molecule has 13 unspecified atom stereocenters. The Hall–Kier alpha value is -3.90. The minimum absolute atomic E-state index is 0.0141. The highest BCUT2D eigenvalue weighted by atomic mass is 16.8. The summed E-state index contributed by atoms with van der Waals surface area (Å²) in [5, 5.41) is 0. The minimum atomic E-state index is -1.56. The van der Waals surface area contributed by atoms with Crippen LogP contribution in [0.3, 0.4) is 0 Å². The minimum Gasteiger partial charge on any atom is -0.466 e. The lowest BCUT2D eigenvalue weighted by molar-refractivity contribution is -0.332. The predicted octanol–water partition coefficient (Wildman–Crippen LogP) is 2.21. The maximum Gasteiger partial charge on any atom is 0.334 e. The summed E-state index contributed by atoms with van der Waals surface area (Å²) in [4.78, 5) is 77.0. The van der Waals surface area contributed by atoms with Gasteiger partial charge in [0.25, 0.3) is 0 Å². The zero-order valence-corrected chi connectivity index (χ0v) is 32.0. The number of carbonyl (C=O) groups is 6. The quantitative estimate of drug-likeness (QED) is 0.168. The summed E-state index contributed by atoms with van der Waals surface area (Å²) in [5.74, 6) is -5.31. The van der Waals surface area contributed by atoms with Crippen molar-refractivity contribution in [3.05, 3.63) is 23.3 Å². The average molecular weight is 767 g/mol. The number of hydrogen-bond acceptors (Lipinski definition) is 17. The van der Waals surface area contributed by atoms with E-state index >= 15 is 0 Å². The normalized spacial score (nSPS) is 38.7. The van der Waals surface area contributed by atoms with Crippen molar-refractivity contribution in [2.24, 2.45) is 22.7 Å². The fourth-order valence-electron chi connectivity index (χ4n) is 9.10. The van der Waals surface area contributed by atoms with Crippen LogP contribution in [-0.2, 0) is 80.9 Å². The van der Waals surface area contributed by atoms with E-state index in [1.165, 1.54) is 28.3 Å². The Balaban J connectivity index is 1.59. The Bertz CT molecular complexity index is 1550. The standard InChI is InChI=1S/C37H50O17/c1-17(38)47-16-25-29(48-18(2)39)30(49-19(3)40)31(50-20(4)41)35(52-25)53-27-14-23-33(43)51-24(21-13-28(44-7)54-34(21)46-9)15-36(23,5)26-12-10-11-22(32(42)45-8)37(26,27)6/h11,13,23-31,34-35H,10,12,14-16H2,1-9H3. The summed E-state index contributed by atoms with van der Waals surface area (Å²) in [6.07, 6.45) is -5.53. The van der Waals surface area contributed by atoms with Crippen LogP contribution in [0, 0.1) is 22.7 Å². The van der Waals surface area contributed by atoms with Crippen LogP contribution in [0.1, 0.15) is 67.2 Å². The highest BCUT2D eigenvalue weighted by Crippen LogP contribution is 2.65. The average Bonchev–Trinajstić information content (AvgIpc) is 3.53. The molecule has 0 bridgehead atoms. The molecule has 0 aromatic heterocycles. The van der Waals surface area contributed by atoms with E-state index in [-0.39, 0.29) is 6.42 Å². The number of allylic oxidation sites excluding steroid dienone is 1.